The highest BCUT2D eigenvalue weighted by atomic mass is 16.4. The second-order valence-corrected chi connectivity index (χ2v) is 6.09. The first-order valence-corrected chi connectivity index (χ1v) is 7.50. The third kappa shape index (κ3) is 3.46. The highest BCUT2D eigenvalue weighted by Crippen LogP contribution is 2.22. The van der Waals surface area contributed by atoms with E-state index < -0.39 is 11.5 Å². The summed E-state index contributed by atoms with van der Waals surface area (Å²) in [4.78, 5) is 16.4. The SMILES string of the molecule is CCNC(C)(CN1CCN2CCCCC2C1)C(=O)O. The molecule has 5 nitrogen and oxygen atoms in total. The Bertz CT molecular complexity index is 324. The van der Waals surface area contributed by atoms with Crippen LogP contribution in [-0.4, -0.2) is 71.7 Å². The zero-order valence-electron chi connectivity index (χ0n) is 12.2. The predicted octanol–water partition coefficient (Wildman–Crippen LogP) is 0.609. The number of nitrogens with one attached hydrogen (secondary N) is 1. The van der Waals surface area contributed by atoms with Crippen LogP contribution >= 0.6 is 0 Å². The van der Waals surface area contributed by atoms with Crippen molar-refractivity contribution in [3.8, 4) is 0 Å². The predicted molar refractivity (Wildman–Crippen MR) is 75.4 cm³/mol. The molecule has 0 radical (unpaired) electrons. The van der Waals surface area contributed by atoms with Gasteiger partial charge < -0.3 is 10.4 Å². The van der Waals surface area contributed by atoms with Gasteiger partial charge in [0.1, 0.15) is 5.54 Å². The van der Waals surface area contributed by atoms with E-state index in [-0.39, 0.29) is 0 Å². The highest BCUT2D eigenvalue weighted by molar-refractivity contribution is 5.78. The Morgan fingerprint density at radius 1 is 1.37 bits per heavy atom. The van der Waals surface area contributed by atoms with Crippen LogP contribution in [-0.2, 0) is 4.79 Å². The van der Waals surface area contributed by atoms with Crippen molar-refractivity contribution < 1.29 is 9.90 Å². The topological polar surface area (TPSA) is 55.8 Å². The lowest BCUT2D eigenvalue weighted by molar-refractivity contribution is -0.145. The molecule has 2 rings (SSSR count). The summed E-state index contributed by atoms with van der Waals surface area (Å²) in [5, 5.41) is 12.6. The zero-order valence-corrected chi connectivity index (χ0v) is 12.2. The number of fused-ring (bicyclic) bond motifs is 1. The highest BCUT2D eigenvalue weighted by Gasteiger charge is 2.37. The number of piperazine rings is 1. The van der Waals surface area contributed by atoms with Crippen molar-refractivity contribution in [1.29, 1.82) is 0 Å². The fourth-order valence-corrected chi connectivity index (χ4v) is 3.40. The molecule has 2 N–H and O–H groups in total. The minimum Gasteiger partial charge on any atom is -0.480 e. The summed E-state index contributed by atoms with van der Waals surface area (Å²) in [6.07, 6.45) is 3.90. The quantitative estimate of drug-likeness (QED) is 0.766. The van der Waals surface area contributed by atoms with E-state index in [9.17, 15) is 9.90 Å². The summed E-state index contributed by atoms with van der Waals surface area (Å²) in [6, 6.07) is 0.641. The Morgan fingerprint density at radius 2 is 2.16 bits per heavy atom. The van der Waals surface area contributed by atoms with Gasteiger partial charge in [0, 0.05) is 32.2 Å². The molecular weight excluding hydrogens is 242 g/mol. The average Bonchev–Trinajstić information content (AvgIpc) is 2.38. The van der Waals surface area contributed by atoms with Gasteiger partial charge in [0.2, 0.25) is 0 Å². The number of aliphatic carboxylic acids is 1. The third-order valence-electron chi connectivity index (χ3n) is 4.50. The molecule has 2 aliphatic heterocycles. The number of likely N-dealkylation sites (N-methyl/N-ethyl adjacent to an activating group) is 1. The van der Waals surface area contributed by atoms with Crippen molar-refractivity contribution >= 4 is 5.97 Å². The average molecular weight is 269 g/mol. The Balaban J connectivity index is 1.93. The molecule has 0 bridgehead atoms. The van der Waals surface area contributed by atoms with Crippen molar-refractivity contribution in [2.45, 2.75) is 44.7 Å². The van der Waals surface area contributed by atoms with E-state index in [1.54, 1.807) is 6.92 Å². The monoisotopic (exact) mass is 269 g/mol. The van der Waals surface area contributed by atoms with E-state index in [0.717, 1.165) is 19.6 Å². The van der Waals surface area contributed by atoms with Crippen LogP contribution in [0.4, 0.5) is 0 Å². The Hall–Kier alpha value is -0.650. The molecule has 19 heavy (non-hydrogen) atoms. The summed E-state index contributed by atoms with van der Waals surface area (Å²) in [5.41, 5.74) is -0.828. The molecule has 2 aliphatic rings. The van der Waals surface area contributed by atoms with Crippen LogP contribution < -0.4 is 5.32 Å². The molecule has 0 saturated carbocycles. The molecule has 0 spiro atoms. The molecule has 0 aromatic heterocycles. The summed E-state index contributed by atoms with van der Waals surface area (Å²) >= 11 is 0. The molecule has 2 heterocycles. The number of rotatable bonds is 5. The molecule has 5 heteroatoms. The Kier molecular flexibility index (Phi) is 4.81. The minimum absolute atomic E-state index is 0.598. The maximum Gasteiger partial charge on any atom is 0.324 e. The lowest BCUT2D eigenvalue weighted by Gasteiger charge is -2.45. The van der Waals surface area contributed by atoms with Gasteiger partial charge in [0.25, 0.3) is 0 Å². The van der Waals surface area contributed by atoms with Crippen LogP contribution in [0.15, 0.2) is 0 Å². The summed E-state index contributed by atoms with van der Waals surface area (Å²) in [6.45, 7) is 9.37. The van der Waals surface area contributed by atoms with Crippen molar-refractivity contribution in [3.63, 3.8) is 0 Å². The molecular formula is C14H27N3O2. The van der Waals surface area contributed by atoms with E-state index in [1.165, 1.54) is 25.8 Å². The molecule has 0 aromatic carbocycles. The summed E-state index contributed by atoms with van der Waals surface area (Å²) in [5.74, 6) is -0.750. The standard InChI is InChI=1S/C14H27N3O2/c1-3-15-14(2,13(18)19)11-16-8-9-17-7-5-4-6-12(17)10-16/h12,15H,3-11H2,1-2H3,(H,18,19). The van der Waals surface area contributed by atoms with Gasteiger partial charge in [0.15, 0.2) is 0 Å². The molecule has 110 valence electrons. The Labute approximate surface area is 115 Å². The summed E-state index contributed by atoms with van der Waals surface area (Å²) < 4.78 is 0. The van der Waals surface area contributed by atoms with E-state index in [1.807, 2.05) is 6.92 Å². The van der Waals surface area contributed by atoms with Gasteiger partial charge >= 0.3 is 5.97 Å². The van der Waals surface area contributed by atoms with Crippen molar-refractivity contribution in [3.05, 3.63) is 0 Å². The van der Waals surface area contributed by atoms with Crippen LogP contribution in [0, 0.1) is 0 Å². The van der Waals surface area contributed by atoms with Crippen LogP contribution in [0.3, 0.4) is 0 Å². The van der Waals surface area contributed by atoms with E-state index >= 15 is 0 Å². The fourth-order valence-electron chi connectivity index (χ4n) is 3.40. The first-order chi connectivity index (χ1) is 9.05. The maximum absolute atomic E-state index is 11.5. The van der Waals surface area contributed by atoms with Gasteiger partial charge in [-0.25, -0.2) is 0 Å². The van der Waals surface area contributed by atoms with E-state index in [0.29, 0.717) is 19.1 Å². The minimum atomic E-state index is -0.828. The molecule has 2 fully saturated rings. The molecule has 2 unspecified atom stereocenters. The number of nitrogens with zero attached hydrogens (tertiary/aromatic N) is 2. The first-order valence-electron chi connectivity index (χ1n) is 7.50. The zero-order chi connectivity index (χ0) is 13.9. The van der Waals surface area contributed by atoms with Gasteiger partial charge in [0.05, 0.1) is 0 Å². The molecule has 2 atom stereocenters. The normalized spacial score (nSPS) is 28.6. The second-order valence-electron chi connectivity index (χ2n) is 6.09. The third-order valence-corrected chi connectivity index (χ3v) is 4.50. The largest absolute Gasteiger partial charge is 0.480 e. The van der Waals surface area contributed by atoms with Gasteiger partial charge in [-0.3, -0.25) is 14.6 Å². The molecule has 0 aliphatic carbocycles. The lowest BCUT2D eigenvalue weighted by Crippen LogP contribution is -2.62. The lowest BCUT2D eigenvalue weighted by atomic mass is 9.96. The first kappa shape index (κ1) is 14.8. The van der Waals surface area contributed by atoms with Crippen molar-refractivity contribution in [1.82, 2.24) is 15.1 Å². The smallest absolute Gasteiger partial charge is 0.324 e. The van der Waals surface area contributed by atoms with Crippen molar-refractivity contribution in [2.24, 2.45) is 0 Å². The molecule has 0 aromatic rings. The van der Waals surface area contributed by atoms with Gasteiger partial charge in [-0.15, -0.1) is 0 Å². The number of carboxylic acid groups (broad SMARTS) is 1. The van der Waals surface area contributed by atoms with Gasteiger partial charge in [-0.2, -0.15) is 0 Å². The summed E-state index contributed by atoms with van der Waals surface area (Å²) in [7, 11) is 0. The van der Waals surface area contributed by atoms with Gasteiger partial charge in [-0.05, 0) is 32.9 Å². The number of hydrogen-bond acceptors (Lipinski definition) is 4. The van der Waals surface area contributed by atoms with Gasteiger partial charge in [-0.1, -0.05) is 13.3 Å². The molecule has 2 saturated heterocycles. The number of carboxylic acids is 1. The van der Waals surface area contributed by atoms with Crippen LogP contribution in [0.5, 0.6) is 0 Å². The maximum atomic E-state index is 11.5. The van der Waals surface area contributed by atoms with Crippen LogP contribution in [0.25, 0.3) is 0 Å². The number of piperidine rings is 1. The fraction of sp³-hybridized carbons (Fsp3) is 0.929. The number of carbonyl (C=O) groups is 1. The van der Waals surface area contributed by atoms with E-state index in [4.69, 9.17) is 0 Å². The number of hydrogen-bond donors (Lipinski definition) is 2. The van der Waals surface area contributed by atoms with E-state index in [2.05, 4.69) is 15.1 Å². The Morgan fingerprint density at radius 3 is 2.84 bits per heavy atom. The van der Waals surface area contributed by atoms with Crippen LogP contribution in [0.2, 0.25) is 0 Å². The van der Waals surface area contributed by atoms with Crippen LogP contribution in [0.1, 0.15) is 33.1 Å². The second kappa shape index (κ2) is 6.20. The molecule has 0 amide bonds. The van der Waals surface area contributed by atoms with Crippen molar-refractivity contribution in [2.75, 3.05) is 39.3 Å².